The second-order valence-electron chi connectivity index (χ2n) is 5.03. The summed E-state index contributed by atoms with van der Waals surface area (Å²) in [4.78, 5) is 0.380. The number of hydrogen-bond acceptors (Lipinski definition) is 3. The number of fused-ring (bicyclic) bond motifs is 1. The first kappa shape index (κ1) is 11.6. The third kappa shape index (κ3) is 1.76. The molecule has 1 aliphatic heterocycles. The highest BCUT2D eigenvalue weighted by atomic mass is 32.2. The highest BCUT2D eigenvalue weighted by molar-refractivity contribution is 7.91. The second kappa shape index (κ2) is 3.31. The maximum absolute atomic E-state index is 11.9. The molecule has 1 N–H and O–H groups in total. The van der Waals surface area contributed by atoms with E-state index in [1.54, 1.807) is 26.0 Å². The molecule has 4 heteroatoms. The molecule has 1 heterocycles. The van der Waals surface area contributed by atoms with E-state index in [0.717, 1.165) is 11.1 Å². The molecule has 0 saturated heterocycles. The zero-order valence-corrected chi connectivity index (χ0v) is 10.5. The summed E-state index contributed by atoms with van der Waals surface area (Å²) in [6.45, 7) is 5.24. The van der Waals surface area contributed by atoms with Gasteiger partial charge in [-0.05, 0) is 32.4 Å². The molecule has 1 atom stereocenters. The highest BCUT2D eigenvalue weighted by Gasteiger charge is 2.41. The number of hydrogen-bond donors (Lipinski definition) is 1. The summed E-state index contributed by atoms with van der Waals surface area (Å²) in [7, 11) is -3.21. The van der Waals surface area contributed by atoms with Gasteiger partial charge in [-0.15, -0.1) is 0 Å². The van der Waals surface area contributed by atoms with Crippen molar-refractivity contribution in [3.8, 4) is 0 Å². The minimum atomic E-state index is -3.21. The van der Waals surface area contributed by atoms with E-state index in [-0.39, 0.29) is 11.7 Å². The fraction of sp³-hybridized carbons (Fsp3) is 0.500. The van der Waals surface area contributed by atoms with E-state index in [0.29, 0.717) is 4.90 Å². The molecule has 1 aliphatic rings. The molecule has 0 aliphatic carbocycles. The summed E-state index contributed by atoms with van der Waals surface area (Å²) in [6, 6.07) is 5.30. The van der Waals surface area contributed by atoms with E-state index >= 15 is 0 Å². The van der Waals surface area contributed by atoms with Crippen LogP contribution in [0.25, 0.3) is 0 Å². The molecule has 0 saturated carbocycles. The van der Waals surface area contributed by atoms with Gasteiger partial charge in [0.15, 0.2) is 9.84 Å². The van der Waals surface area contributed by atoms with Crippen LogP contribution in [-0.2, 0) is 9.84 Å². The molecule has 1 unspecified atom stereocenters. The van der Waals surface area contributed by atoms with Gasteiger partial charge in [-0.3, -0.25) is 0 Å². The Morgan fingerprint density at radius 3 is 2.56 bits per heavy atom. The molecule has 1 aromatic rings. The predicted octanol–water partition coefficient (Wildman–Crippen LogP) is 1.64. The minimum Gasteiger partial charge on any atom is -0.390 e. The minimum absolute atomic E-state index is 0.00921. The fourth-order valence-electron chi connectivity index (χ4n) is 2.21. The van der Waals surface area contributed by atoms with E-state index < -0.39 is 15.4 Å². The molecule has 88 valence electrons. The van der Waals surface area contributed by atoms with Gasteiger partial charge in [-0.2, -0.15) is 0 Å². The van der Waals surface area contributed by atoms with Crippen LogP contribution >= 0.6 is 0 Å². The molecule has 0 fully saturated rings. The van der Waals surface area contributed by atoms with Crippen molar-refractivity contribution >= 4 is 9.84 Å². The molecule has 2 rings (SSSR count). The van der Waals surface area contributed by atoms with Crippen LogP contribution in [0, 0.1) is 6.92 Å². The monoisotopic (exact) mass is 240 g/mol. The van der Waals surface area contributed by atoms with Gasteiger partial charge in [0.25, 0.3) is 0 Å². The Bertz CT molecular complexity index is 524. The SMILES string of the molecule is Cc1ccc2c(c1)C(C(C)(C)O)CS2(=O)=O. The van der Waals surface area contributed by atoms with Crippen LogP contribution in [-0.4, -0.2) is 24.9 Å². The molecule has 0 radical (unpaired) electrons. The van der Waals surface area contributed by atoms with Crippen molar-refractivity contribution in [2.24, 2.45) is 0 Å². The van der Waals surface area contributed by atoms with Gasteiger partial charge in [-0.1, -0.05) is 17.7 Å². The molecule has 0 aromatic heterocycles. The van der Waals surface area contributed by atoms with Gasteiger partial charge < -0.3 is 5.11 Å². The number of rotatable bonds is 1. The van der Waals surface area contributed by atoms with Crippen molar-refractivity contribution < 1.29 is 13.5 Å². The summed E-state index contributed by atoms with van der Waals surface area (Å²) < 4.78 is 23.8. The molecule has 16 heavy (non-hydrogen) atoms. The Labute approximate surface area is 96.0 Å². The highest BCUT2D eigenvalue weighted by Crippen LogP contribution is 2.41. The third-order valence-electron chi connectivity index (χ3n) is 3.11. The van der Waals surface area contributed by atoms with Gasteiger partial charge in [-0.25, -0.2) is 8.42 Å². The molecule has 1 aromatic carbocycles. The van der Waals surface area contributed by atoms with Crippen LogP contribution in [0.1, 0.15) is 30.9 Å². The summed E-state index contributed by atoms with van der Waals surface area (Å²) in [5.74, 6) is -0.317. The molecular formula is C12H16O3S. The maximum atomic E-state index is 11.9. The molecule has 0 bridgehead atoms. The van der Waals surface area contributed by atoms with Crippen LogP contribution in [0.15, 0.2) is 23.1 Å². The van der Waals surface area contributed by atoms with Crippen molar-refractivity contribution in [3.63, 3.8) is 0 Å². The topological polar surface area (TPSA) is 54.4 Å². The van der Waals surface area contributed by atoms with E-state index in [4.69, 9.17) is 0 Å². The summed E-state index contributed by atoms with van der Waals surface area (Å²) in [6.07, 6.45) is 0. The number of sulfone groups is 1. The number of aryl methyl sites for hydroxylation is 1. The number of aliphatic hydroxyl groups is 1. The van der Waals surface area contributed by atoms with Crippen molar-refractivity contribution in [2.45, 2.75) is 37.2 Å². The first-order valence-electron chi connectivity index (χ1n) is 5.27. The first-order valence-corrected chi connectivity index (χ1v) is 6.93. The lowest BCUT2D eigenvalue weighted by molar-refractivity contribution is 0.0575. The largest absolute Gasteiger partial charge is 0.390 e. The van der Waals surface area contributed by atoms with Crippen molar-refractivity contribution in [3.05, 3.63) is 29.3 Å². The Morgan fingerprint density at radius 2 is 2.00 bits per heavy atom. The Kier molecular flexibility index (Phi) is 2.40. The van der Waals surface area contributed by atoms with Crippen molar-refractivity contribution in [1.82, 2.24) is 0 Å². The lowest BCUT2D eigenvalue weighted by atomic mass is 9.86. The molecular weight excluding hydrogens is 224 g/mol. The van der Waals surface area contributed by atoms with Crippen LogP contribution in [0.4, 0.5) is 0 Å². The second-order valence-corrected chi connectivity index (χ2v) is 7.03. The van der Waals surface area contributed by atoms with Gasteiger partial charge in [0.1, 0.15) is 0 Å². The molecule has 0 amide bonds. The van der Waals surface area contributed by atoms with E-state index in [2.05, 4.69) is 0 Å². The normalized spacial score (nSPS) is 23.1. The quantitative estimate of drug-likeness (QED) is 0.812. The fourth-order valence-corrected chi connectivity index (χ4v) is 4.25. The molecule has 0 spiro atoms. The lowest BCUT2D eigenvalue weighted by Crippen LogP contribution is -2.30. The van der Waals surface area contributed by atoms with Crippen molar-refractivity contribution in [1.29, 1.82) is 0 Å². The van der Waals surface area contributed by atoms with Crippen LogP contribution in [0.2, 0.25) is 0 Å². The van der Waals surface area contributed by atoms with Gasteiger partial charge >= 0.3 is 0 Å². The smallest absolute Gasteiger partial charge is 0.179 e. The zero-order chi connectivity index (χ0) is 12.1. The van der Waals surface area contributed by atoms with E-state index in [9.17, 15) is 13.5 Å². The van der Waals surface area contributed by atoms with Crippen LogP contribution < -0.4 is 0 Å². The Hall–Kier alpha value is -0.870. The van der Waals surface area contributed by atoms with E-state index in [1.165, 1.54) is 0 Å². The standard InChI is InChI=1S/C12H16O3S/c1-8-4-5-11-9(6-8)10(12(2,3)13)7-16(11,14)15/h4-6,10,13H,7H2,1-3H3. The van der Waals surface area contributed by atoms with Gasteiger partial charge in [0.2, 0.25) is 0 Å². The van der Waals surface area contributed by atoms with Crippen molar-refractivity contribution in [2.75, 3.05) is 5.75 Å². The average molecular weight is 240 g/mol. The Morgan fingerprint density at radius 1 is 1.38 bits per heavy atom. The van der Waals surface area contributed by atoms with Gasteiger partial charge in [0, 0.05) is 5.92 Å². The van der Waals surface area contributed by atoms with Gasteiger partial charge in [0.05, 0.1) is 16.2 Å². The first-order chi connectivity index (χ1) is 7.22. The Balaban J connectivity index is 2.66. The van der Waals surface area contributed by atoms with Crippen LogP contribution in [0.5, 0.6) is 0 Å². The maximum Gasteiger partial charge on any atom is 0.179 e. The average Bonchev–Trinajstić information content (AvgIpc) is 2.37. The summed E-state index contributed by atoms with van der Waals surface area (Å²) in [5.41, 5.74) is 0.768. The van der Waals surface area contributed by atoms with E-state index in [1.807, 2.05) is 13.0 Å². The summed E-state index contributed by atoms with van der Waals surface area (Å²) >= 11 is 0. The molecule has 3 nitrogen and oxygen atoms in total. The predicted molar refractivity (Wildman–Crippen MR) is 62.3 cm³/mol. The number of benzene rings is 1. The summed E-state index contributed by atoms with van der Waals surface area (Å²) in [5, 5.41) is 10.0. The van der Waals surface area contributed by atoms with Crippen LogP contribution in [0.3, 0.4) is 0 Å². The zero-order valence-electron chi connectivity index (χ0n) is 9.69. The third-order valence-corrected chi connectivity index (χ3v) is 4.93. The lowest BCUT2D eigenvalue weighted by Gasteiger charge is -2.25.